The fourth-order valence-corrected chi connectivity index (χ4v) is 3.34. The molecule has 0 bridgehead atoms. The molecule has 0 aliphatic carbocycles. The monoisotopic (exact) mass is 384 g/mol. The van der Waals surface area contributed by atoms with E-state index in [2.05, 4.69) is 26.2 Å². The maximum absolute atomic E-state index is 12.3. The minimum Gasteiger partial charge on any atom is -0.495 e. The third-order valence-electron chi connectivity index (χ3n) is 4.87. The van der Waals surface area contributed by atoms with Crippen molar-refractivity contribution in [2.24, 2.45) is 0 Å². The molecule has 0 unspecified atom stereocenters. The highest BCUT2D eigenvalue weighted by Gasteiger charge is 2.20. The molecule has 28 heavy (non-hydrogen) atoms. The van der Waals surface area contributed by atoms with Crippen LogP contribution in [0.3, 0.4) is 0 Å². The second kappa shape index (κ2) is 9.94. The Hall–Kier alpha value is -2.80. The number of hydrogen-bond acceptors (Lipinski definition) is 6. The molecule has 2 aromatic rings. The Bertz CT molecular complexity index is 776. The Morgan fingerprint density at radius 1 is 1.11 bits per heavy atom. The largest absolute Gasteiger partial charge is 0.495 e. The number of anilines is 2. The number of hydrogen-bond donors (Lipinski definition) is 1. The summed E-state index contributed by atoms with van der Waals surface area (Å²) in [6.07, 6.45) is 4.22. The average Bonchev–Trinajstić information content (AvgIpc) is 2.77. The Kier molecular flexibility index (Phi) is 7.08. The molecule has 2 heterocycles. The fourth-order valence-electron chi connectivity index (χ4n) is 3.34. The number of para-hydroxylation sites is 2. The molecule has 1 N–H and O–H groups in total. The van der Waals surface area contributed by atoms with Crippen molar-refractivity contribution in [2.75, 3.05) is 63.4 Å². The highest BCUT2D eigenvalue weighted by molar-refractivity contribution is 5.94. The molecule has 1 amide bonds. The van der Waals surface area contributed by atoms with Crippen LogP contribution in [0.5, 0.6) is 5.75 Å². The lowest BCUT2D eigenvalue weighted by atomic mass is 10.2. The van der Waals surface area contributed by atoms with Gasteiger partial charge in [-0.2, -0.15) is 0 Å². The molecule has 0 atom stereocenters. The van der Waals surface area contributed by atoms with Gasteiger partial charge in [0.1, 0.15) is 5.75 Å². The smallest absolute Gasteiger partial charge is 0.252 e. The molecule has 1 saturated heterocycles. The Labute approximate surface area is 166 Å². The predicted molar refractivity (Wildman–Crippen MR) is 110 cm³/mol. The summed E-state index contributed by atoms with van der Waals surface area (Å²) in [7, 11) is 3.36. The normalized spacial score (nSPS) is 14.1. The van der Waals surface area contributed by atoms with E-state index in [1.54, 1.807) is 20.4 Å². The number of nitrogens with zero attached hydrogens (tertiary/aromatic N) is 3. The summed E-state index contributed by atoms with van der Waals surface area (Å²) >= 11 is 0. The van der Waals surface area contributed by atoms with E-state index in [1.165, 1.54) is 0 Å². The summed E-state index contributed by atoms with van der Waals surface area (Å²) in [6.45, 7) is 4.71. The summed E-state index contributed by atoms with van der Waals surface area (Å²) in [4.78, 5) is 21.2. The van der Waals surface area contributed by atoms with Crippen LogP contribution >= 0.6 is 0 Å². The minimum atomic E-state index is -0.0990. The number of carbonyl (C=O) groups is 1. The standard InChI is InChI=1S/C21H28N4O3/c1-27-13-5-8-23-21(26)17-14-18(16-22-15-17)24-9-11-25(12-10-24)19-6-3-4-7-20(19)28-2/h3-4,6-7,14-16H,5,8-13H2,1-2H3,(H,23,26). The zero-order valence-corrected chi connectivity index (χ0v) is 16.6. The zero-order valence-electron chi connectivity index (χ0n) is 16.6. The number of ether oxygens (including phenoxy) is 2. The number of nitrogens with one attached hydrogen (secondary N) is 1. The molecule has 7 nitrogen and oxygen atoms in total. The lowest BCUT2D eigenvalue weighted by Crippen LogP contribution is -2.46. The van der Waals surface area contributed by atoms with Crippen molar-refractivity contribution >= 4 is 17.3 Å². The predicted octanol–water partition coefficient (Wildman–Crippen LogP) is 2.18. The van der Waals surface area contributed by atoms with E-state index in [-0.39, 0.29) is 5.91 Å². The quantitative estimate of drug-likeness (QED) is 0.704. The van der Waals surface area contributed by atoms with Gasteiger partial charge in [0.15, 0.2) is 0 Å². The molecule has 1 aliphatic rings. The molecule has 150 valence electrons. The van der Waals surface area contributed by atoms with E-state index >= 15 is 0 Å². The zero-order chi connectivity index (χ0) is 19.8. The number of rotatable bonds is 8. The number of aromatic nitrogens is 1. The molecular weight excluding hydrogens is 356 g/mol. The third-order valence-corrected chi connectivity index (χ3v) is 4.87. The molecule has 7 heteroatoms. The van der Waals surface area contributed by atoms with Crippen molar-refractivity contribution in [1.82, 2.24) is 10.3 Å². The number of benzene rings is 1. The maximum Gasteiger partial charge on any atom is 0.252 e. The summed E-state index contributed by atoms with van der Waals surface area (Å²) < 4.78 is 10.5. The van der Waals surface area contributed by atoms with Crippen LogP contribution in [-0.4, -0.2) is 64.4 Å². The van der Waals surface area contributed by atoms with Crippen LogP contribution in [0.1, 0.15) is 16.8 Å². The highest BCUT2D eigenvalue weighted by Crippen LogP contribution is 2.29. The number of amides is 1. The summed E-state index contributed by atoms with van der Waals surface area (Å²) in [6, 6.07) is 10.0. The van der Waals surface area contributed by atoms with E-state index in [9.17, 15) is 4.79 Å². The van der Waals surface area contributed by atoms with Crippen LogP contribution in [-0.2, 0) is 4.74 Å². The molecule has 0 spiro atoms. The second-order valence-electron chi connectivity index (χ2n) is 6.68. The van der Waals surface area contributed by atoms with Crippen molar-refractivity contribution in [2.45, 2.75) is 6.42 Å². The van der Waals surface area contributed by atoms with Crippen molar-refractivity contribution in [3.05, 3.63) is 48.3 Å². The van der Waals surface area contributed by atoms with E-state index < -0.39 is 0 Å². The van der Waals surface area contributed by atoms with Gasteiger partial charge < -0.3 is 24.6 Å². The van der Waals surface area contributed by atoms with Crippen molar-refractivity contribution in [1.29, 1.82) is 0 Å². The van der Waals surface area contributed by atoms with Gasteiger partial charge >= 0.3 is 0 Å². The number of methoxy groups -OCH3 is 2. The van der Waals surface area contributed by atoms with Gasteiger partial charge in [-0.15, -0.1) is 0 Å². The van der Waals surface area contributed by atoms with Gasteiger partial charge in [0.05, 0.1) is 30.2 Å². The Morgan fingerprint density at radius 3 is 2.61 bits per heavy atom. The molecule has 1 aromatic heterocycles. The first-order chi connectivity index (χ1) is 13.7. The highest BCUT2D eigenvalue weighted by atomic mass is 16.5. The third kappa shape index (κ3) is 4.92. The van der Waals surface area contributed by atoms with Crippen LogP contribution < -0.4 is 19.9 Å². The molecule has 3 rings (SSSR count). The molecule has 0 saturated carbocycles. The SMILES string of the molecule is COCCCNC(=O)c1cncc(N2CCN(c3ccccc3OC)CC2)c1. The molecular formula is C21H28N4O3. The minimum absolute atomic E-state index is 0.0990. The Balaban J connectivity index is 1.59. The number of carbonyl (C=O) groups excluding carboxylic acids is 1. The summed E-state index contributed by atoms with van der Waals surface area (Å²) in [5.74, 6) is 0.794. The number of pyridine rings is 1. The molecule has 1 aliphatic heterocycles. The molecule has 1 aromatic carbocycles. The van der Waals surface area contributed by atoms with Gasteiger partial charge in [-0.05, 0) is 24.6 Å². The van der Waals surface area contributed by atoms with Gasteiger partial charge in [-0.1, -0.05) is 12.1 Å². The summed E-state index contributed by atoms with van der Waals surface area (Å²) in [5.41, 5.74) is 2.68. The molecule has 1 fully saturated rings. The van der Waals surface area contributed by atoms with Crippen LogP contribution in [0, 0.1) is 0 Å². The number of piperazine rings is 1. The van der Waals surface area contributed by atoms with Gasteiger partial charge in [0, 0.05) is 52.6 Å². The van der Waals surface area contributed by atoms with Gasteiger partial charge in [-0.25, -0.2) is 0 Å². The first-order valence-electron chi connectivity index (χ1n) is 9.58. The Morgan fingerprint density at radius 2 is 1.86 bits per heavy atom. The van der Waals surface area contributed by atoms with Gasteiger partial charge in [0.2, 0.25) is 0 Å². The first kappa shape index (κ1) is 19.9. The summed E-state index contributed by atoms with van der Waals surface area (Å²) in [5, 5.41) is 2.91. The van der Waals surface area contributed by atoms with E-state index in [0.29, 0.717) is 18.7 Å². The van der Waals surface area contributed by atoms with E-state index in [4.69, 9.17) is 9.47 Å². The van der Waals surface area contributed by atoms with E-state index in [1.807, 2.05) is 30.5 Å². The lowest BCUT2D eigenvalue weighted by molar-refractivity contribution is 0.0948. The van der Waals surface area contributed by atoms with Crippen molar-refractivity contribution < 1.29 is 14.3 Å². The van der Waals surface area contributed by atoms with Crippen LogP contribution in [0.2, 0.25) is 0 Å². The first-order valence-corrected chi connectivity index (χ1v) is 9.58. The van der Waals surface area contributed by atoms with Crippen LogP contribution in [0.25, 0.3) is 0 Å². The molecule has 0 radical (unpaired) electrons. The van der Waals surface area contributed by atoms with Crippen LogP contribution in [0.4, 0.5) is 11.4 Å². The van der Waals surface area contributed by atoms with Crippen molar-refractivity contribution in [3.8, 4) is 5.75 Å². The van der Waals surface area contributed by atoms with E-state index in [0.717, 1.165) is 49.7 Å². The van der Waals surface area contributed by atoms with Crippen LogP contribution in [0.15, 0.2) is 42.7 Å². The van der Waals surface area contributed by atoms with Crippen molar-refractivity contribution in [3.63, 3.8) is 0 Å². The maximum atomic E-state index is 12.3. The second-order valence-corrected chi connectivity index (χ2v) is 6.68. The topological polar surface area (TPSA) is 66.9 Å². The lowest BCUT2D eigenvalue weighted by Gasteiger charge is -2.37. The van der Waals surface area contributed by atoms with Gasteiger partial charge in [0.25, 0.3) is 5.91 Å². The fraction of sp³-hybridized carbons (Fsp3) is 0.429. The van der Waals surface area contributed by atoms with Gasteiger partial charge in [-0.3, -0.25) is 9.78 Å². The average molecular weight is 384 g/mol.